The summed E-state index contributed by atoms with van der Waals surface area (Å²) in [6.45, 7) is 9.17. The van der Waals surface area contributed by atoms with E-state index >= 15 is 0 Å². The number of carbonyl (C=O) groups excluding carboxylic acids is 1. The van der Waals surface area contributed by atoms with Gasteiger partial charge in [-0.1, -0.05) is 6.92 Å². The minimum atomic E-state index is -0.574. The van der Waals surface area contributed by atoms with Gasteiger partial charge in [0.05, 0.1) is 25.4 Å². The second-order valence-corrected chi connectivity index (χ2v) is 4.20. The molecule has 0 fully saturated rings. The summed E-state index contributed by atoms with van der Waals surface area (Å²) in [6.07, 6.45) is 0.421. The van der Waals surface area contributed by atoms with Gasteiger partial charge in [0.1, 0.15) is 6.10 Å². The van der Waals surface area contributed by atoms with Gasteiger partial charge in [-0.15, -0.1) is 0 Å². The number of primary amides is 1. The molecule has 2 N–H and O–H groups in total. The predicted molar refractivity (Wildman–Crippen MR) is 65.7 cm³/mol. The zero-order valence-corrected chi connectivity index (χ0v) is 11.3. The molecule has 1 amide bonds. The molecule has 102 valence electrons. The Kier molecular flexibility index (Phi) is 9.03. The van der Waals surface area contributed by atoms with Crippen LogP contribution in [0.3, 0.4) is 0 Å². The summed E-state index contributed by atoms with van der Waals surface area (Å²) in [6, 6.07) is 0. The van der Waals surface area contributed by atoms with E-state index in [0.29, 0.717) is 13.2 Å². The molecule has 0 radical (unpaired) electrons. The number of amides is 1. The predicted octanol–water partition coefficient (Wildman–Crippen LogP) is 1.10. The van der Waals surface area contributed by atoms with Crippen molar-refractivity contribution < 1.29 is 19.0 Å². The van der Waals surface area contributed by atoms with Gasteiger partial charge in [0.2, 0.25) is 5.91 Å². The highest BCUT2D eigenvalue weighted by Crippen LogP contribution is 2.00. The average molecular weight is 247 g/mol. The molecule has 0 aliphatic carbocycles. The molecular formula is C12H25NO4. The second kappa shape index (κ2) is 9.39. The number of carbonyl (C=O) groups is 1. The Morgan fingerprint density at radius 1 is 1.06 bits per heavy atom. The third-order valence-corrected chi connectivity index (χ3v) is 2.20. The SMILES string of the molecule is CCCOC(C)COC(C)COC(C)C(N)=O. The molecule has 0 aromatic heterocycles. The number of hydrogen-bond donors (Lipinski definition) is 1. The fraction of sp³-hybridized carbons (Fsp3) is 0.917. The molecule has 0 heterocycles. The molecule has 17 heavy (non-hydrogen) atoms. The normalized spacial score (nSPS) is 16.5. The Labute approximate surface area is 104 Å². The third kappa shape index (κ3) is 9.09. The summed E-state index contributed by atoms with van der Waals surface area (Å²) in [7, 11) is 0. The van der Waals surface area contributed by atoms with E-state index in [0.717, 1.165) is 13.0 Å². The number of rotatable bonds is 10. The number of ether oxygens (including phenoxy) is 3. The maximum Gasteiger partial charge on any atom is 0.246 e. The Morgan fingerprint density at radius 2 is 1.59 bits per heavy atom. The minimum absolute atomic E-state index is 0.0750. The van der Waals surface area contributed by atoms with Crippen molar-refractivity contribution >= 4 is 5.91 Å². The molecular weight excluding hydrogens is 222 g/mol. The summed E-state index contributed by atoms with van der Waals surface area (Å²) in [4.78, 5) is 10.7. The smallest absolute Gasteiger partial charge is 0.246 e. The molecule has 0 aromatic carbocycles. The van der Waals surface area contributed by atoms with Crippen LogP contribution >= 0.6 is 0 Å². The van der Waals surface area contributed by atoms with Crippen molar-refractivity contribution in [2.24, 2.45) is 5.73 Å². The van der Waals surface area contributed by atoms with E-state index in [-0.39, 0.29) is 12.2 Å². The Morgan fingerprint density at radius 3 is 2.12 bits per heavy atom. The summed E-state index contributed by atoms with van der Waals surface area (Å²) >= 11 is 0. The first-order chi connectivity index (χ1) is 7.97. The molecule has 0 rings (SSSR count). The minimum Gasteiger partial charge on any atom is -0.376 e. The Bertz CT molecular complexity index is 211. The van der Waals surface area contributed by atoms with E-state index in [1.807, 2.05) is 13.8 Å². The van der Waals surface area contributed by atoms with Crippen molar-refractivity contribution in [2.45, 2.75) is 52.4 Å². The molecule has 0 saturated heterocycles. The highest BCUT2D eigenvalue weighted by Gasteiger charge is 2.12. The van der Waals surface area contributed by atoms with Crippen molar-refractivity contribution in [1.82, 2.24) is 0 Å². The van der Waals surface area contributed by atoms with Crippen molar-refractivity contribution in [1.29, 1.82) is 0 Å². The topological polar surface area (TPSA) is 70.8 Å². The first-order valence-corrected chi connectivity index (χ1v) is 6.11. The van der Waals surface area contributed by atoms with Gasteiger partial charge in [-0.2, -0.15) is 0 Å². The molecule has 0 bridgehead atoms. The van der Waals surface area contributed by atoms with Crippen LogP contribution in [0.25, 0.3) is 0 Å². The van der Waals surface area contributed by atoms with Gasteiger partial charge in [0, 0.05) is 6.61 Å². The van der Waals surface area contributed by atoms with Crippen LogP contribution in [0.4, 0.5) is 0 Å². The third-order valence-electron chi connectivity index (χ3n) is 2.20. The van der Waals surface area contributed by atoms with Crippen molar-refractivity contribution in [2.75, 3.05) is 19.8 Å². The van der Waals surface area contributed by atoms with Crippen molar-refractivity contribution in [3.05, 3.63) is 0 Å². The summed E-state index contributed by atoms with van der Waals surface area (Å²) in [5.74, 6) is -0.461. The van der Waals surface area contributed by atoms with E-state index in [2.05, 4.69) is 6.92 Å². The molecule has 5 heteroatoms. The molecule has 0 spiro atoms. The van der Waals surface area contributed by atoms with Gasteiger partial charge >= 0.3 is 0 Å². The molecule has 3 atom stereocenters. The standard InChI is InChI=1S/C12H25NO4/c1-5-6-15-9(2)7-16-10(3)8-17-11(4)12(13)14/h9-11H,5-8H2,1-4H3,(H2,13,14). The van der Waals surface area contributed by atoms with E-state index in [4.69, 9.17) is 19.9 Å². The van der Waals surface area contributed by atoms with Crippen LogP contribution in [0.1, 0.15) is 34.1 Å². The zero-order chi connectivity index (χ0) is 13.3. The van der Waals surface area contributed by atoms with Crippen LogP contribution in [0, 0.1) is 0 Å². The van der Waals surface area contributed by atoms with Crippen LogP contribution in [-0.2, 0) is 19.0 Å². The zero-order valence-electron chi connectivity index (χ0n) is 11.3. The van der Waals surface area contributed by atoms with Crippen LogP contribution in [0.5, 0.6) is 0 Å². The fourth-order valence-electron chi connectivity index (χ4n) is 1.08. The van der Waals surface area contributed by atoms with Crippen LogP contribution in [0.2, 0.25) is 0 Å². The lowest BCUT2D eigenvalue weighted by Gasteiger charge is -2.18. The first kappa shape index (κ1) is 16.4. The van der Waals surface area contributed by atoms with Crippen LogP contribution in [-0.4, -0.2) is 44.0 Å². The Hall–Kier alpha value is -0.650. The van der Waals surface area contributed by atoms with E-state index in [1.165, 1.54) is 0 Å². The van der Waals surface area contributed by atoms with Crippen molar-refractivity contribution in [3.63, 3.8) is 0 Å². The van der Waals surface area contributed by atoms with Gasteiger partial charge in [-0.25, -0.2) is 0 Å². The molecule has 3 unspecified atom stereocenters. The maximum absolute atomic E-state index is 10.7. The lowest BCUT2D eigenvalue weighted by Crippen LogP contribution is -2.32. The second-order valence-electron chi connectivity index (χ2n) is 4.20. The summed E-state index contributed by atoms with van der Waals surface area (Å²) in [5.41, 5.74) is 5.07. The largest absolute Gasteiger partial charge is 0.376 e. The highest BCUT2D eigenvalue weighted by atomic mass is 16.6. The quantitative estimate of drug-likeness (QED) is 0.627. The monoisotopic (exact) mass is 247 g/mol. The molecule has 0 saturated carbocycles. The van der Waals surface area contributed by atoms with Gasteiger partial charge in [0.15, 0.2) is 0 Å². The van der Waals surface area contributed by atoms with E-state index in [9.17, 15) is 4.79 Å². The van der Waals surface area contributed by atoms with Gasteiger partial charge in [0.25, 0.3) is 0 Å². The molecule has 0 aliphatic rings. The van der Waals surface area contributed by atoms with Gasteiger partial charge in [-0.3, -0.25) is 4.79 Å². The number of nitrogens with two attached hydrogens (primary N) is 1. The lowest BCUT2D eigenvalue weighted by atomic mass is 10.3. The first-order valence-electron chi connectivity index (χ1n) is 6.11. The lowest BCUT2D eigenvalue weighted by molar-refractivity contribution is -0.131. The van der Waals surface area contributed by atoms with Gasteiger partial charge < -0.3 is 19.9 Å². The summed E-state index contributed by atoms with van der Waals surface area (Å²) < 4.78 is 16.2. The maximum atomic E-state index is 10.7. The fourth-order valence-corrected chi connectivity index (χ4v) is 1.08. The van der Waals surface area contributed by atoms with E-state index in [1.54, 1.807) is 6.92 Å². The van der Waals surface area contributed by atoms with E-state index < -0.39 is 12.0 Å². The van der Waals surface area contributed by atoms with Crippen molar-refractivity contribution in [3.8, 4) is 0 Å². The van der Waals surface area contributed by atoms with Crippen LogP contribution < -0.4 is 5.73 Å². The number of hydrogen-bond acceptors (Lipinski definition) is 4. The average Bonchev–Trinajstić information content (AvgIpc) is 2.30. The van der Waals surface area contributed by atoms with Gasteiger partial charge in [-0.05, 0) is 27.2 Å². The Balaban J connectivity index is 3.58. The summed E-state index contributed by atoms with van der Waals surface area (Å²) in [5, 5.41) is 0. The highest BCUT2D eigenvalue weighted by molar-refractivity contribution is 5.78. The molecule has 0 aliphatic heterocycles. The van der Waals surface area contributed by atoms with Crippen LogP contribution in [0.15, 0.2) is 0 Å². The molecule has 0 aromatic rings. The molecule has 5 nitrogen and oxygen atoms in total.